The number of benzene rings is 1. The molecule has 5 heteroatoms. The van der Waals surface area contributed by atoms with Crippen LogP contribution in [0, 0.1) is 0 Å². The van der Waals surface area contributed by atoms with E-state index in [1.807, 2.05) is 18.2 Å². The molecule has 0 aromatic heterocycles. The van der Waals surface area contributed by atoms with Gasteiger partial charge >= 0.3 is 0 Å². The van der Waals surface area contributed by atoms with Crippen LogP contribution < -0.4 is 11.1 Å². The second-order valence-electron chi connectivity index (χ2n) is 5.52. The van der Waals surface area contributed by atoms with Crippen LogP contribution in [0.25, 0.3) is 0 Å². The van der Waals surface area contributed by atoms with Gasteiger partial charge in [0.2, 0.25) is 5.91 Å². The maximum atomic E-state index is 11.9. The van der Waals surface area contributed by atoms with Gasteiger partial charge in [-0.2, -0.15) is 0 Å². The van der Waals surface area contributed by atoms with Crippen molar-refractivity contribution in [3.8, 4) is 0 Å². The summed E-state index contributed by atoms with van der Waals surface area (Å²) in [5.74, 6) is 0.0275. The third kappa shape index (κ3) is 5.02. The monoisotopic (exact) mass is 291 g/mol. The SMILES string of the molecule is COC1CCN(CCCC(=O)Nc2ccccc2N)CC1. The first kappa shape index (κ1) is 15.8. The second kappa shape index (κ2) is 8.00. The number of likely N-dealkylation sites (tertiary alicyclic amines) is 1. The van der Waals surface area contributed by atoms with Crippen molar-refractivity contribution in [1.29, 1.82) is 0 Å². The Labute approximate surface area is 126 Å². The van der Waals surface area contributed by atoms with Gasteiger partial charge in [-0.15, -0.1) is 0 Å². The fourth-order valence-electron chi connectivity index (χ4n) is 2.66. The summed E-state index contributed by atoms with van der Waals surface area (Å²) in [6, 6.07) is 7.33. The number of amides is 1. The highest BCUT2D eigenvalue weighted by molar-refractivity contribution is 5.93. The minimum Gasteiger partial charge on any atom is -0.397 e. The van der Waals surface area contributed by atoms with Gasteiger partial charge in [0.1, 0.15) is 0 Å². The lowest BCUT2D eigenvalue weighted by molar-refractivity contribution is -0.116. The molecule has 1 aliphatic rings. The number of carbonyl (C=O) groups is 1. The molecule has 1 aliphatic heterocycles. The fourth-order valence-corrected chi connectivity index (χ4v) is 2.66. The van der Waals surface area contributed by atoms with Crippen molar-refractivity contribution in [2.45, 2.75) is 31.8 Å². The van der Waals surface area contributed by atoms with Gasteiger partial charge in [-0.1, -0.05) is 12.1 Å². The average Bonchev–Trinajstić information content (AvgIpc) is 2.50. The summed E-state index contributed by atoms with van der Waals surface area (Å²) in [5, 5.41) is 2.86. The van der Waals surface area contributed by atoms with E-state index in [-0.39, 0.29) is 5.91 Å². The number of hydrogen-bond acceptors (Lipinski definition) is 4. The normalized spacial score (nSPS) is 16.8. The van der Waals surface area contributed by atoms with Crippen LogP contribution in [0.5, 0.6) is 0 Å². The van der Waals surface area contributed by atoms with Gasteiger partial charge in [0.05, 0.1) is 17.5 Å². The van der Waals surface area contributed by atoms with Crippen LogP contribution in [0.2, 0.25) is 0 Å². The number of methoxy groups -OCH3 is 1. The molecule has 3 N–H and O–H groups in total. The maximum Gasteiger partial charge on any atom is 0.224 e. The minimum absolute atomic E-state index is 0.0275. The number of nitrogen functional groups attached to an aromatic ring is 1. The molecule has 0 aliphatic carbocycles. The molecule has 0 radical (unpaired) electrons. The van der Waals surface area contributed by atoms with E-state index < -0.39 is 0 Å². The van der Waals surface area contributed by atoms with E-state index in [0.717, 1.165) is 38.9 Å². The molecule has 1 amide bonds. The smallest absolute Gasteiger partial charge is 0.224 e. The first-order valence-corrected chi connectivity index (χ1v) is 7.58. The van der Waals surface area contributed by atoms with Gasteiger partial charge in [0.15, 0.2) is 0 Å². The molecule has 1 aromatic carbocycles. The summed E-state index contributed by atoms with van der Waals surface area (Å²) < 4.78 is 5.36. The number of nitrogens with one attached hydrogen (secondary N) is 1. The first-order valence-electron chi connectivity index (χ1n) is 7.58. The Morgan fingerprint density at radius 3 is 2.76 bits per heavy atom. The van der Waals surface area contributed by atoms with E-state index >= 15 is 0 Å². The predicted octanol–water partition coefficient (Wildman–Crippen LogP) is 2.10. The van der Waals surface area contributed by atoms with Crippen molar-refractivity contribution < 1.29 is 9.53 Å². The molecule has 0 saturated carbocycles. The molecule has 21 heavy (non-hydrogen) atoms. The highest BCUT2D eigenvalue weighted by Gasteiger charge is 2.18. The standard InChI is InChI=1S/C16H25N3O2/c1-21-13-8-11-19(12-9-13)10-4-7-16(20)18-15-6-3-2-5-14(15)17/h2-3,5-6,13H,4,7-12,17H2,1H3,(H,18,20). The zero-order valence-corrected chi connectivity index (χ0v) is 12.7. The average molecular weight is 291 g/mol. The van der Waals surface area contributed by atoms with Gasteiger partial charge < -0.3 is 20.7 Å². The summed E-state index contributed by atoms with van der Waals surface area (Å²) in [4.78, 5) is 14.3. The van der Waals surface area contributed by atoms with E-state index in [4.69, 9.17) is 10.5 Å². The molecule has 5 nitrogen and oxygen atoms in total. The molecule has 2 rings (SSSR count). The number of para-hydroxylation sites is 2. The Kier molecular flexibility index (Phi) is 6.02. The van der Waals surface area contributed by atoms with Crippen molar-refractivity contribution in [3.05, 3.63) is 24.3 Å². The number of nitrogens with zero attached hydrogens (tertiary/aromatic N) is 1. The zero-order valence-electron chi connectivity index (χ0n) is 12.7. The molecule has 0 atom stereocenters. The second-order valence-corrected chi connectivity index (χ2v) is 5.52. The lowest BCUT2D eigenvalue weighted by atomic mass is 10.1. The highest BCUT2D eigenvalue weighted by atomic mass is 16.5. The number of anilines is 2. The number of ether oxygens (including phenoxy) is 1. The Morgan fingerprint density at radius 1 is 1.38 bits per heavy atom. The van der Waals surface area contributed by atoms with E-state index in [9.17, 15) is 4.79 Å². The summed E-state index contributed by atoms with van der Waals surface area (Å²) in [5.41, 5.74) is 7.11. The Hall–Kier alpha value is -1.59. The van der Waals surface area contributed by atoms with Crippen LogP contribution in [-0.2, 0) is 9.53 Å². The quantitative estimate of drug-likeness (QED) is 0.788. The molecule has 0 spiro atoms. The van der Waals surface area contributed by atoms with Crippen molar-refractivity contribution in [3.63, 3.8) is 0 Å². The summed E-state index contributed by atoms with van der Waals surface area (Å²) in [6.07, 6.45) is 3.98. The number of piperidine rings is 1. The van der Waals surface area contributed by atoms with Gasteiger partial charge in [-0.05, 0) is 37.9 Å². The molecule has 0 unspecified atom stereocenters. The van der Waals surface area contributed by atoms with Crippen LogP contribution >= 0.6 is 0 Å². The third-order valence-corrected chi connectivity index (χ3v) is 3.98. The summed E-state index contributed by atoms with van der Waals surface area (Å²) >= 11 is 0. The number of nitrogens with two attached hydrogens (primary N) is 1. The molecule has 1 fully saturated rings. The molecule has 1 heterocycles. The predicted molar refractivity (Wildman–Crippen MR) is 85.2 cm³/mol. The maximum absolute atomic E-state index is 11.9. The lowest BCUT2D eigenvalue weighted by Crippen LogP contribution is -2.37. The number of rotatable bonds is 6. The minimum atomic E-state index is 0.0275. The van der Waals surface area contributed by atoms with Crippen molar-refractivity contribution >= 4 is 17.3 Å². The van der Waals surface area contributed by atoms with E-state index in [1.54, 1.807) is 13.2 Å². The van der Waals surface area contributed by atoms with Crippen LogP contribution in [0.4, 0.5) is 11.4 Å². The molecule has 1 saturated heterocycles. The summed E-state index contributed by atoms with van der Waals surface area (Å²) in [6.45, 7) is 3.09. The number of carbonyl (C=O) groups excluding carboxylic acids is 1. The Morgan fingerprint density at radius 2 is 2.10 bits per heavy atom. The number of hydrogen-bond donors (Lipinski definition) is 2. The van der Waals surface area contributed by atoms with Crippen LogP contribution in [0.15, 0.2) is 24.3 Å². The van der Waals surface area contributed by atoms with Gasteiger partial charge in [-0.25, -0.2) is 0 Å². The topological polar surface area (TPSA) is 67.6 Å². The van der Waals surface area contributed by atoms with Gasteiger partial charge in [0, 0.05) is 26.6 Å². The Balaban J connectivity index is 1.65. The van der Waals surface area contributed by atoms with Crippen LogP contribution in [0.1, 0.15) is 25.7 Å². The Bertz CT molecular complexity index is 457. The molecule has 1 aromatic rings. The molecule has 0 bridgehead atoms. The lowest BCUT2D eigenvalue weighted by Gasteiger charge is -2.31. The first-order chi connectivity index (χ1) is 10.2. The van der Waals surface area contributed by atoms with Crippen LogP contribution in [0.3, 0.4) is 0 Å². The zero-order chi connectivity index (χ0) is 15.1. The third-order valence-electron chi connectivity index (χ3n) is 3.98. The van der Waals surface area contributed by atoms with Gasteiger partial charge in [-0.3, -0.25) is 4.79 Å². The summed E-state index contributed by atoms with van der Waals surface area (Å²) in [7, 11) is 1.78. The molecular weight excluding hydrogens is 266 g/mol. The van der Waals surface area contributed by atoms with Crippen molar-refractivity contribution in [2.75, 3.05) is 37.8 Å². The molecular formula is C16H25N3O2. The highest BCUT2D eigenvalue weighted by Crippen LogP contribution is 2.17. The largest absolute Gasteiger partial charge is 0.397 e. The van der Waals surface area contributed by atoms with Gasteiger partial charge in [0.25, 0.3) is 0 Å². The van der Waals surface area contributed by atoms with Crippen molar-refractivity contribution in [2.24, 2.45) is 0 Å². The molecule has 116 valence electrons. The van der Waals surface area contributed by atoms with E-state index in [1.165, 1.54) is 0 Å². The fraction of sp³-hybridized carbons (Fsp3) is 0.562. The van der Waals surface area contributed by atoms with Crippen molar-refractivity contribution in [1.82, 2.24) is 4.90 Å². The van der Waals surface area contributed by atoms with E-state index in [0.29, 0.717) is 23.9 Å². The van der Waals surface area contributed by atoms with Crippen LogP contribution in [-0.4, -0.2) is 43.7 Å². The van der Waals surface area contributed by atoms with E-state index in [2.05, 4.69) is 10.2 Å².